The highest BCUT2D eigenvalue weighted by Gasteiger charge is 2.79. The number of halogens is 6. The standard InChI is InChI=1S/C54H63Cl6NO20/c1-27-31(75-42(66)36(63)35(29-18-14-12-15-19-29)61(43(67)80-47(3,4)5)44(68)81-48(6,7)8)23-52(71)40(78-41(65)30-20-16-13-17-21-30)38-50(11,39(64)37(34(27)49(52,9)10)77-46(70)74-26-54(58,59)60)32(76-45(69)73-25-53(55,56)57)22-33-51(38,24-72-33)79-28(2)62/h12-21,31-33,35-38,40,63,71H,22-26H2,1-11H3/t31-,32-,33+,35-,36?,37+,38?,40-,50+,51-,52+/m0/s1. The number of Topliss-reactive ketones (excluding diaryl/α,β-unsaturated/α-hetero) is 1. The van der Waals surface area contributed by atoms with Crippen molar-refractivity contribution in [3.63, 3.8) is 0 Å². The molecule has 2 N–H and O–H groups in total. The molecule has 1 saturated heterocycles. The van der Waals surface area contributed by atoms with E-state index in [4.69, 9.17) is 117 Å². The van der Waals surface area contributed by atoms with E-state index in [1.807, 2.05) is 0 Å². The van der Waals surface area contributed by atoms with Crippen LogP contribution < -0.4 is 0 Å². The van der Waals surface area contributed by atoms with Crippen LogP contribution in [0.25, 0.3) is 0 Å². The lowest BCUT2D eigenvalue weighted by molar-refractivity contribution is -0.346. The van der Waals surface area contributed by atoms with E-state index < -0.39 is 170 Å². The van der Waals surface area contributed by atoms with Crippen LogP contribution in [-0.2, 0) is 61.8 Å². The summed E-state index contributed by atoms with van der Waals surface area (Å²) in [5.41, 5.74) is -12.4. The molecule has 4 aliphatic rings. The summed E-state index contributed by atoms with van der Waals surface area (Å²) in [6.07, 6.45) is -19.1. The Kier molecular flexibility index (Phi) is 19.4. The van der Waals surface area contributed by atoms with Crippen LogP contribution in [0.1, 0.15) is 111 Å². The second-order valence-electron chi connectivity index (χ2n) is 22.7. The molecule has 1 aliphatic heterocycles. The van der Waals surface area contributed by atoms with Crippen molar-refractivity contribution in [2.75, 3.05) is 19.8 Å². The summed E-state index contributed by atoms with van der Waals surface area (Å²) in [6.45, 7) is 13.1. The SMILES string of the molecule is CC(=O)O[C@@]12CO[C@@H]1C[C@H](OC(=O)OCC(Cl)(Cl)Cl)[C@@]1(C)C(=O)[C@H](OC(=O)OCC(Cl)(Cl)Cl)C3=C(C)[C@@H](OC(=O)C(O)[C@H](c4ccccc4)N(C(=O)OC(C)(C)C)C(=O)OC(C)(C)C)C[C@@](O)([C@@H](OC(=O)c4ccccc4)C12)C3(C)C. The molecule has 2 amide bonds. The van der Waals surface area contributed by atoms with Crippen LogP contribution in [0.2, 0.25) is 0 Å². The molecule has 3 fully saturated rings. The number of hydrogen-bond donors (Lipinski definition) is 2. The van der Waals surface area contributed by atoms with Crippen molar-refractivity contribution >= 4 is 118 Å². The van der Waals surface area contributed by atoms with Crippen molar-refractivity contribution in [3.05, 3.63) is 82.9 Å². The van der Waals surface area contributed by atoms with Gasteiger partial charge in [0.15, 0.2) is 23.6 Å². The number of alkyl halides is 6. The minimum absolute atomic E-state index is 0.000186. The summed E-state index contributed by atoms with van der Waals surface area (Å²) >= 11 is 35.5. The zero-order chi connectivity index (χ0) is 60.8. The number of hydrogen-bond acceptors (Lipinski definition) is 20. The number of esters is 3. The number of carbonyl (C=O) groups is 8. The summed E-state index contributed by atoms with van der Waals surface area (Å²) in [4.78, 5) is 116. The van der Waals surface area contributed by atoms with Gasteiger partial charge in [0.1, 0.15) is 60.5 Å². The van der Waals surface area contributed by atoms with Gasteiger partial charge in [0, 0.05) is 25.2 Å². The minimum Gasteiger partial charge on any atom is -0.456 e. The second-order valence-corrected chi connectivity index (χ2v) is 27.8. The Morgan fingerprint density at radius 2 is 1.26 bits per heavy atom. The van der Waals surface area contributed by atoms with E-state index in [2.05, 4.69) is 0 Å². The number of fused-ring (bicyclic) bond motifs is 5. The summed E-state index contributed by atoms with van der Waals surface area (Å²) in [5, 5.41) is 26.6. The highest BCUT2D eigenvalue weighted by atomic mass is 35.6. The van der Waals surface area contributed by atoms with Gasteiger partial charge in [0.25, 0.3) is 0 Å². The zero-order valence-corrected chi connectivity index (χ0v) is 50.4. The lowest BCUT2D eigenvalue weighted by Crippen LogP contribution is -2.82. The van der Waals surface area contributed by atoms with E-state index >= 15 is 9.59 Å². The number of imide groups is 1. The highest BCUT2D eigenvalue weighted by Crippen LogP contribution is 2.65. The molecule has 2 saturated carbocycles. The van der Waals surface area contributed by atoms with E-state index in [1.165, 1.54) is 118 Å². The molecule has 3 aliphatic carbocycles. The van der Waals surface area contributed by atoms with E-state index in [1.54, 1.807) is 12.1 Å². The molecule has 81 heavy (non-hydrogen) atoms. The van der Waals surface area contributed by atoms with Gasteiger partial charge in [-0.2, -0.15) is 0 Å². The molecule has 1 heterocycles. The average Bonchev–Trinajstić information content (AvgIpc) is 1.59. The lowest BCUT2D eigenvalue weighted by Gasteiger charge is -2.67. The van der Waals surface area contributed by atoms with Crippen LogP contribution in [0.4, 0.5) is 19.2 Å². The Balaban J connectivity index is 1.64. The van der Waals surface area contributed by atoms with Crippen molar-refractivity contribution < 1.29 is 95.9 Å². The van der Waals surface area contributed by atoms with Crippen molar-refractivity contribution in [2.24, 2.45) is 16.7 Å². The Morgan fingerprint density at radius 3 is 1.73 bits per heavy atom. The van der Waals surface area contributed by atoms with Crippen molar-refractivity contribution in [1.29, 1.82) is 0 Å². The molecule has 2 unspecified atom stereocenters. The van der Waals surface area contributed by atoms with Gasteiger partial charge in [-0.15, -0.1) is 0 Å². The molecule has 2 aromatic rings. The molecule has 2 bridgehead atoms. The second kappa shape index (κ2) is 24.0. The maximum Gasteiger partial charge on any atom is 0.509 e. The third-order valence-electron chi connectivity index (χ3n) is 14.4. The Labute approximate surface area is 497 Å². The number of amides is 2. The zero-order valence-electron chi connectivity index (χ0n) is 45.9. The van der Waals surface area contributed by atoms with Crippen LogP contribution in [-0.4, -0.2) is 150 Å². The van der Waals surface area contributed by atoms with Crippen LogP contribution in [0, 0.1) is 16.7 Å². The third-order valence-corrected chi connectivity index (χ3v) is 15.1. The number of nitrogens with zero attached hydrogens (tertiary/aromatic N) is 1. The number of ether oxygens (including phenoxy) is 10. The maximum absolute atomic E-state index is 16.4. The molecule has 0 aromatic heterocycles. The molecule has 0 radical (unpaired) electrons. The van der Waals surface area contributed by atoms with Crippen LogP contribution >= 0.6 is 69.6 Å². The Hall–Kier alpha value is -4.84. The number of carbonyl (C=O) groups excluding carboxylic acids is 8. The first-order chi connectivity index (χ1) is 37.2. The molecule has 446 valence electrons. The van der Waals surface area contributed by atoms with E-state index in [0.29, 0.717) is 4.90 Å². The van der Waals surface area contributed by atoms with E-state index in [9.17, 15) is 39.0 Å². The predicted molar refractivity (Wildman–Crippen MR) is 290 cm³/mol. The highest BCUT2D eigenvalue weighted by molar-refractivity contribution is 6.68. The molecule has 2 aromatic carbocycles. The van der Waals surface area contributed by atoms with Gasteiger partial charge in [0.05, 0.1) is 23.5 Å². The maximum atomic E-state index is 16.4. The average molecular weight is 1260 g/mol. The van der Waals surface area contributed by atoms with Gasteiger partial charge in [0.2, 0.25) is 7.59 Å². The number of aliphatic hydroxyl groups excluding tert-OH is 1. The molecule has 6 rings (SSSR count). The summed E-state index contributed by atoms with van der Waals surface area (Å²) in [6, 6.07) is 12.8. The molecule has 21 nitrogen and oxygen atoms in total. The van der Waals surface area contributed by atoms with Gasteiger partial charge < -0.3 is 57.6 Å². The fourth-order valence-corrected chi connectivity index (χ4v) is 11.3. The molecular formula is C54H63Cl6NO20. The molecule has 11 atom stereocenters. The summed E-state index contributed by atoms with van der Waals surface area (Å²) < 4.78 is 53.9. The Bertz CT molecular complexity index is 2750. The quantitative estimate of drug-likeness (QED) is 0.0865. The predicted octanol–water partition coefficient (Wildman–Crippen LogP) is 9.97. The topological polar surface area (TPSA) is 273 Å². The van der Waals surface area contributed by atoms with Crippen molar-refractivity contribution in [1.82, 2.24) is 4.90 Å². The van der Waals surface area contributed by atoms with E-state index in [-0.39, 0.29) is 22.3 Å². The number of aliphatic hydroxyl groups is 2. The fourth-order valence-electron chi connectivity index (χ4n) is 10.9. The van der Waals surface area contributed by atoms with Gasteiger partial charge in [-0.25, -0.2) is 33.7 Å². The number of benzene rings is 2. The lowest BCUT2D eigenvalue weighted by atomic mass is 9.44. The van der Waals surface area contributed by atoms with Gasteiger partial charge in [-0.1, -0.05) is 132 Å². The Morgan fingerprint density at radius 1 is 0.753 bits per heavy atom. The van der Waals surface area contributed by atoms with Gasteiger partial charge >= 0.3 is 42.4 Å². The van der Waals surface area contributed by atoms with Gasteiger partial charge in [-0.3, -0.25) is 9.59 Å². The monoisotopic (exact) mass is 1260 g/mol. The molecule has 27 heteroatoms. The van der Waals surface area contributed by atoms with Crippen LogP contribution in [0.5, 0.6) is 0 Å². The molecule has 0 spiro atoms. The normalized spacial score (nSPS) is 27.8. The van der Waals surface area contributed by atoms with Crippen molar-refractivity contribution in [2.45, 2.75) is 162 Å². The number of rotatable bonds is 12. The van der Waals surface area contributed by atoms with Crippen molar-refractivity contribution in [3.8, 4) is 0 Å². The van der Waals surface area contributed by atoms with Gasteiger partial charge in [-0.05, 0) is 84.2 Å². The first-order valence-electron chi connectivity index (χ1n) is 25.2. The first-order valence-corrected chi connectivity index (χ1v) is 27.5. The number of ketones is 1. The summed E-state index contributed by atoms with van der Waals surface area (Å²) in [7, 11) is 0. The molecular weight excluding hydrogens is 1200 g/mol. The first kappa shape index (κ1) is 65.3. The van der Waals surface area contributed by atoms with Crippen LogP contribution in [0.15, 0.2) is 71.8 Å². The fraction of sp³-hybridized carbons (Fsp3) is 0.593. The summed E-state index contributed by atoms with van der Waals surface area (Å²) in [5.74, 6) is -6.73. The third kappa shape index (κ3) is 14.2. The van der Waals surface area contributed by atoms with Crippen LogP contribution in [0.3, 0.4) is 0 Å². The smallest absolute Gasteiger partial charge is 0.456 e. The largest absolute Gasteiger partial charge is 0.509 e. The van der Waals surface area contributed by atoms with E-state index in [0.717, 1.165) is 6.92 Å². The minimum atomic E-state index is -2.75.